The van der Waals surface area contributed by atoms with Gasteiger partial charge in [0, 0.05) is 16.9 Å². The number of ether oxygens (including phenoxy) is 2. The Bertz CT molecular complexity index is 780. The van der Waals surface area contributed by atoms with E-state index in [9.17, 15) is 9.59 Å². The molecule has 138 valence electrons. The number of aromatic nitrogens is 1. The van der Waals surface area contributed by atoms with Gasteiger partial charge in [0.1, 0.15) is 17.4 Å². The number of carboxylic acid groups (broad SMARTS) is 1. The molecular formula is C17H17ClN2O5S. The van der Waals surface area contributed by atoms with Crippen LogP contribution in [0.25, 0.3) is 0 Å². The van der Waals surface area contributed by atoms with Crippen LogP contribution in [0, 0.1) is 0 Å². The Balaban J connectivity index is 1.52. The minimum atomic E-state index is -1.06. The number of carboxylic acids is 1. The van der Waals surface area contributed by atoms with Gasteiger partial charge in [-0.2, -0.15) is 0 Å². The molecule has 0 aliphatic carbocycles. The highest BCUT2D eigenvalue weighted by atomic mass is 35.5. The number of aliphatic carboxylic acids is 1. The zero-order valence-corrected chi connectivity index (χ0v) is 15.3. The molecule has 2 heterocycles. The molecule has 0 spiro atoms. The van der Waals surface area contributed by atoms with Gasteiger partial charge in [-0.15, -0.1) is 11.3 Å². The van der Waals surface area contributed by atoms with Crippen LogP contribution < -0.4 is 4.74 Å². The summed E-state index contributed by atoms with van der Waals surface area (Å²) in [6.07, 6.45) is -0.837. The predicted molar refractivity (Wildman–Crippen MR) is 95.6 cm³/mol. The maximum Gasteiger partial charge on any atom is 0.334 e. The maximum absolute atomic E-state index is 12.4. The molecule has 1 fully saturated rings. The number of benzene rings is 1. The highest BCUT2D eigenvalue weighted by Gasteiger charge is 2.29. The predicted octanol–water partition coefficient (Wildman–Crippen LogP) is 2.23. The van der Waals surface area contributed by atoms with Crippen LogP contribution in [0.15, 0.2) is 29.6 Å². The lowest BCUT2D eigenvalue weighted by Crippen LogP contribution is -2.49. The molecule has 1 saturated heterocycles. The van der Waals surface area contributed by atoms with E-state index in [0.717, 1.165) is 5.01 Å². The standard InChI is InChI=1S/C17H17ClN2O5S/c18-11-1-3-13(4-2-11)25-9-15-19-12(10-26-15)7-16(21)20-5-6-24-14(8-20)17(22)23/h1-4,10,14H,5-9H2,(H,22,23)/t14-/m0/s1. The van der Waals surface area contributed by atoms with Gasteiger partial charge in [0.25, 0.3) is 0 Å². The quantitative estimate of drug-likeness (QED) is 0.805. The normalized spacial score (nSPS) is 17.1. The SMILES string of the molecule is O=C(O)[C@@H]1CN(C(=O)Cc2csc(COc3ccc(Cl)cc3)n2)CCO1. The fraction of sp³-hybridized carbons (Fsp3) is 0.353. The lowest BCUT2D eigenvalue weighted by molar-refractivity contribution is -0.159. The van der Waals surface area contributed by atoms with Crippen LogP contribution in [0.3, 0.4) is 0 Å². The second-order valence-corrected chi connectivity index (χ2v) is 7.07. The first kappa shape index (κ1) is 18.6. The molecule has 9 heteroatoms. The second kappa shape index (κ2) is 8.48. The molecule has 3 rings (SSSR count). The number of rotatable bonds is 6. The third-order valence-corrected chi connectivity index (χ3v) is 4.93. The number of carbonyl (C=O) groups is 2. The Morgan fingerprint density at radius 1 is 1.38 bits per heavy atom. The van der Waals surface area contributed by atoms with E-state index in [4.69, 9.17) is 26.2 Å². The summed E-state index contributed by atoms with van der Waals surface area (Å²) in [7, 11) is 0. The van der Waals surface area contributed by atoms with Crippen LogP contribution >= 0.6 is 22.9 Å². The van der Waals surface area contributed by atoms with Crippen LogP contribution in [0.2, 0.25) is 5.02 Å². The van der Waals surface area contributed by atoms with Gasteiger partial charge in [-0.1, -0.05) is 11.6 Å². The van der Waals surface area contributed by atoms with Gasteiger partial charge in [0.05, 0.1) is 25.3 Å². The van der Waals surface area contributed by atoms with Crippen molar-refractivity contribution in [2.45, 2.75) is 19.1 Å². The van der Waals surface area contributed by atoms with Gasteiger partial charge in [-0.05, 0) is 24.3 Å². The lowest BCUT2D eigenvalue weighted by Gasteiger charge is -2.30. The average Bonchev–Trinajstić information content (AvgIpc) is 3.08. The van der Waals surface area contributed by atoms with E-state index in [-0.39, 0.29) is 25.5 Å². The van der Waals surface area contributed by atoms with Crippen LogP contribution in [0.5, 0.6) is 5.75 Å². The zero-order valence-electron chi connectivity index (χ0n) is 13.8. The molecule has 0 saturated carbocycles. The Hall–Kier alpha value is -2.16. The molecule has 1 N–H and O–H groups in total. The number of morpholine rings is 1. The first-order valence-corrected chi connectivity index (χ1v) is 9.21. The van der Waals surface area contributed by atoms with Crippen LogP contribution in [0.1, 0.15) is 10.7 Å². The molecule has 1 atom stereocenters. The monoisotopic (exact) mass is 396 g/mol. The second-order valence-electron chi connectivity index (χ2n) is 5.69. The van der Waals surface area contributed by atoms with Crippen molar-refractivity contribution >= 4 is 34.8 Å². The zero-order chi connectivity index (χ0) is 18.5. The summed E-state index contributed by atoms with van der Waals surface area (Å²) in [6.45, 7) is 0.975. The summed E-state index contributed by atoms with van der Waals surface area (Å²) in [5.41, 5.74) is 0.646. The number of hydrogen-bond donors (Lipinski definition) is 1. The molecule has 1 aliphatic rings. The molecule has 1 aromatic carbocycles. The van der Waals surface area contributed by atoms with Gasteiger partial charge in [0.2, 0.25) is 5.91 Å². The van der Waals surface area contributed by atoms with Crippen molar-refractivity contribution in [1.82, 2.24) is 9.88 Å². The van der Waals surface area contributed by atoms with Gasteiger partial charge in [0.15, 0.2) is 6.10 Å². The molecule has 26 heavy (non-hydrogen) atoms. The van der Waals surface area contributed by atoms with Crippen LogP contribution in [-0.4, -0.2) is 52.7 Å². The number of amides is 1. The van der Waals surface area contributed by atoms with Gasteiger partial charge >= 0.3 is 5.97 Å². The van der Waals surface area contributed by atoms with Crippen molar-refractivity contribution in [3.63, 3.8) is 0 Å². The van der Waals surface area contributed by atoms with Crippen molar-refractivity contribution in [3.8, 4) is 5.75 Å². The van der Waals surface area contributed by atoms with Crippen molar-refractivity contribution in [3.05, 3.63) is 45.4 Å². The third-order valence-electron chi connectivity index (χ3n) is 3.80. The van der Waals surface area contributed by atoms with E-state index in [1.165, 1.54) is 16.2 Å². The minimum Gasteiger partial charge on any atom is -0.486 e. The summed E-state index contributed by atoms with van der Waals surface area (Å²) in [5.74, 6) is -0.525. The number of thiazole rings is 1. The van der Waals surface area contributed by atoms with E-state index in [1.807, 2.05) is 5.38 Å². The Morgan fingerprint density at radius 3 is 2.88 bits per heavy atom. The average molecular weight is 397 g/mol. The Morgan fingerprint density at radius 2 is 2.15 bits per heavy atom. The number of halogens is 1. The van der Waals surface area contributed by atoms with Crippen molar-refractivity contribution in [2.75, 3.05) is 19.7 Å². The molecule has 0 unspecified atom stereocenters. The molecule has 1 aromatic heterocycles. The summed E-state index contributed by atoms with van der Waals surface area (Å²) in [6, 6.07) is 7.04. The largest absolute Gasteiger partial charge is 0.486 e. The number of nitrogens with zero attached hydrogens (tertiary/aromatic N) is 2. The van der Waals surface area contributed by atoms with E-state index in [1.54, 1.807) is 24.3 Å². The maximum atomic E-state index is 12.4. The minimum absolute atomic E-state index is 0.0604. The highest BCUT2D eigenvalue weighted by molar-refractivity contribution is 7.09. The topological polar surface area (TPSA) is 89.0 Å². The summed E-state index contributed by atoms with van der Waals surface area (Å²) < 4.78 is 10.8. The fourth-order valence-corrected chi connectivity index (χ4v) is 3.30. The molecule has 0 bridgehead atoms. The van der Waals surface area contributed by atoms with Crippen LogP contribution in [0.4, 0.5) is 0 Å². The Labute approximate surface area is 159 Å². The molecule has 0 radical (unpaired) electrons. The first-order chi connectivity index (χ1) is 12.5. The van der Waals surface area contributed by atoms with E-state index in [0.29, 0.717) is 29.6 Å². The smallest absolute Gasteiger partial charge is 0.334 e. The lowest BCUT2D eigenvalue weighted by atomic mass is 10.2. The summed E-state index contributed by atoms with van der Waals surface area (Å²) >= 11 is 7.24. The van der Waals surface area contributed by atoms with Crippen LogP contribution in [-0.2, 0) is 27.4 Å². The van der Waals surface area contributed by atoms with E-state index >= 15 is 0 Å². The van der Waals surface area contributed by atoms with Crippen molar-refractivity contribution in [1.29, 1.82) is 0 Å². The molecule has 1 amide bonds. The van der Waals surface area contributed by atoms with E-state index in [2.05, 4.69) is 4.98 Å². The van der Waals surface area contributed by atoms with Crippen molar-refractivity contribution in [2.24, 2.45) is 0 Å². The fourth-order valence-electron chi connectivity index (χ4n) is 2.46. The highest BCUT2D eigenvalue weighted by Crippen LogP contribution is 2.19. The molecule has 1 aliphatic heterocycles. The summed E-state index contributed by atoms with van der Waals surface area (Å²) in [5, 5.41) is 12.2. The molecule has 7 nitrogen and oxygen atoms in total. The number of carbonyl (C=O) groups excluding carboxylic acids is 1. The van der Waals surface area contributed by atoms with Gasteiger partial charge in [-0.3, -0.25) is 4.79 Å². The van der Waals surface area contributed by atoms with Crippen molar-refractivity contribution < 1.29 is 24.2 Å². The summed E-state index contributed by atoms with van der Waals surface area (Å²) in [4.78, 5) is 29.3. The molecular weight excluding hydrogens is 380 g/mol. The van der Waals surface area contributed by atoms with Gasteiger partial charge in [-0.25, -0.2) is 9.78 Å². The third kappa shape index (κ3) is 4.94. The van der Waals surface area contributed by atoms with E-state index < -0.39 is 12.1 Å². The molecule has 2 aromatic rings. The van der Waals surface area contributed by atoms with Gasteiger partial charge < -0.3 is 19.5 Å². The number of hydrogen-bond acceptors (Lipinski definition) is 6. The first-order valence-electron chi connectivity index (χ1n) is 7.95. The Kier molecular flexibility index (Phi) is 6.08.